The molecule has 0 unspecified atom stereocenters. The number of nitrogens with zero attached hydrogens (tertiary/aromatic N) is 3. The maximum Gasteiger partial charge on any atom is 0.248 e. The van der Waals surface area contributed by atoms with Crippen LogP contribution in [-0.4, -0.2) is 32.3 Å². The summed E-state index contributed by atoms with van der Waals surface area (Å²) in [7, 11) is 0. The average Bonchev–Trinajstić information content (AvgIpc) is 3.28. The van der Waals surface area contributed by atoms with Gasteiger partial charge in [-0.3, -0.25) is 25.0 Å². The Morgan fingerprint density at radius 2 is 1.92 bits per heavy atom. The molecule has 3 rings (SSSR count). The number of hydrogen-bond donors (Lipinski definition) is 2. The van der Waals surface area contributed by atoms with Crippen LogP contribution in [0.5, 0.6) is 0 Å². The maximum absolute atomic E-state index is 11.8. The van der Waals surface area contributed by atoms with Gasteiger partial charge in [-0.25, -0.2) is 0 Å². The first-order valence-electron chi connectivity index (χ1n) is 7.38. The van der Waals surface area contributed by atoms with E-state index in [1.807, 2.05) is 52.4 Å². The number of hydrogen-bond acceptors (Lipinski definition) is 6. The molecule has 3 aromatic rings. The Morgan fingerprint density at radius 3 is 2.60 bits per heavy atom. The molecule has 2 amide bonds. The molecule has 2 heterocycles. The predicted octanol–water partition coefficient (Wildman–Crippen LogP) is 2.26. The minimum absolute atomic E-state index is 0.107. The number of thioether (sulfide) groups is 1. The summed E-state index contributed by atoms with van der Waals surface area (Å²) in [5.74, 6) is 0.188. The van der Waals surface area contributed by atoms with Gasteiger partial charge in [0.05, 0.1) is 10.6 Å². The number of thiophene rings is 1. The third-order valence-corrected chi connectivity index (χ3v) is 4.89. The molecule has 0 atom stereocenters. The second-order valence-electron chi connectivity index (χ2n) is 4.97. The van der Waals surface area contributed by atoms with Crippen LogP contribution < -0.4 is 10.9 Å². The number of benzene rings is 1. The van der Waals surface area contributed by atoms with Crippen molar-refractivity contribution in [3.05, 3.63) is 47.8 Å². The fraction of sp³-hybridized carbons (Fsp3) is 0.125. The van der Waals surface area contributed by atoms with Crippen LogP contribution in [0.4, 0.5) is 0 Å². The Kier molecular flexibility index (Phi) is 5.46. The summed E-state index contributed by atoms with van der Waals surface area (Å²) in [6.45, 7) is 1.33. The van der Waals surface area contributed by atoms with Gasteiger partial charge in [0.25, 0.3) is 0 Å². The van der Waals surface area contributed by atoms with Crippen molar-refractivity contribution in [3.63, 3.8) is 0 Å². The lowest BCUT2D eigenvalue weighted by Gasteiger charge is -2.09. The van der Waals surface area contributed by atoms with Crippen LogP contribution in [0.3, 0.4) is 0 Å². The highest BCUT2D eigenvalue weighted by Crippen LogP contribution is 2.30. The molecule has 7 nitrogen and oxygen atoms in total. The molecule has 128 valence electrons. The second-order valence-corrected chi connectivity index (χ2v) is 6.86. The van der Waals surface area contributed by atoms with Gasteiger partial charge in [-0.05, 0) is 23.6 Å². The van der Waals surface area contributed by atoms with E-state index in [1.54, 1.807) is 11.3 Å². The molecule has 9 heteroatoms. The predicted molar refractivity (Wildman–Crippen MR) is 97.4 cm³/mol. The Hall–Kier alpha value is -2.65. The highest BCUT2D eigenvalue weighted by atomic mass is 32.2. The molecule has 0 aliphatic rings. The number of carbonyl (C=O) groups is 2. The van der Waals surface area contributed by atoms with E-state index in [1.165, 1.54) is 18.7 Å². The zero-order valence-corrected chi connectivity index (χ0v) is 14.9. The zero-order chi connectivity index (χ0) is 17.6. The van der Waals surface area contributed by atoms with E-state index in [4.69, 9.17) is 0 Å². The van der Waals surface area contributed by atoms with Gasteiger partial charge in [0.1, 0.15) is 0 Å². The fourth-order valence-electron chi connectivity index (χ4n) is 2.06. The molecule has 0 radical (unpaired) electrons. The molecule has 2 N–H and O–H groups in total. The van der Waals surface area contributed by atoms with Crippen LogP contribution in [0.1, 0.15) is 6.92 Å². The van der Waals surface area contributed by atoms with Crippen molar-refractivity contribution in [2.45, 2.75) is 12.1 Å². The highest BCUT2D eigenvalue weighted by Gasteiger charge is 2.17. The Morgan fingerprint density at radius 1 is 1.12 bits per heavy atom. The first kappa shape index (κ1) is 17.2. The number of para-hydroxylation sites is 1. The molecule has 0 saturated carbocycles. The van der Waals surface area contributed by atoms with Crippen LogP contribution in [0, 0.1) is 0 Å². The van der Waals surface area contributed by atoms with Crippen molar-refractivity contribution < 1.29 is 9.59 Å². The van der Waals surface area contributed by atoms with E-state index < -0.39 is 0 Å². The van der Waals surface area contributed by atoms with E-state index in [9.17, 15) is 9.59 Å². The van der Waals surface area contributed by atoms with Gasteiger partial charge in [0, 0.05) is 12.6 Å². The number of carbonyl (C=O) groups excluding carboxylic acids is 2. The lowest BCUT2D eigenvalue weighted by molar-refractivity contribution is -0.126. The smallest absolute Gasteiger partial charge is 0.248 e. The number of aromatic nitrogens is 3. The lowest BCUT2D eigenvalue weighted by atomic mass is 10.3. The van der Waals surface area contributed by atoms with E-state index in [0.29, 0.717) is 5.16 Å². The molecular weight excluding hydrogens is 358 g/mol. The van der Waals surface area contributed by atoms with E-state index >= 15 is 0 Å². The van der Waals surface area contributed by atoms with Crippen LogP contribution in [0.2, 0.25) is 0 Å². The summed E-state index contributed by atoms with van der Waals surface area (Å²) in [6, 6.07) is 13.7. The van der Waals surface area contributed by atoms with E-state index in [0.717, 1.165) is 16.4 Å². The molecule has 25 heavy (non-hydrogen) atoms. The van der Waals surface area contributed by atoms with Crippen molar-refractivity contribution in [2.75, 3.05) is 5.75 Å². The van der Waals surface area contributed by atoms with Crippen LogP contribution in [0.15, 0.2) is 53.0 Å². The Bertz CT molecular complexity index is 862. The lowest BCUT2D eigenvalue weighted by Crippen LogP contribution is -2.41. The molecule has 0 bridgehead atoms. The van der Waals surface area contributed by atoms with Gasteiger partial charge in [-0.2, -0.15) is 0 Å². The van der Waals surface area contributed by atoms with Crippen molar-refractivity contribution in [1.29, 1.82) is 0 Å². The van der Waals surface area contributed by atoms with E-state index in [-0.39, 0.29) is 17.6 Å². The number of hydrazine groups is 1. The number of rotatable bonds is 5. The molecule has 0 spiro atoms. The van der Waals surface area contributed by atoms with Crippen molar-refractivity contribution >= 4 is 34.9 Å². The van der Waals surface area contributed by atoms with Gasteiger partial charge in [-0.15, -0.1) is 21.5 Å². The molecule has 2 aromatic heterocycles. The summed E-state index contributed by atoms with van der Waals surface area (Å²) in [4.78, 5) is 23.6. The van der Waals surface area contributed by atoms with Crippen LogP contribution >= 0.6 is 23.1 Å². The van der Waals surface area contributed by atoms with E-state index in [2.05, 4.69) is 21.0 Å². The van der Waals surface area contributed by atoms with Gasteiger partial charge >= 0.3 is 0 Å². The van der Waals surface area contributed by atoms with Crippen molar-refractivity contribution in [1.82, 2.24) is 25.6 Å². The minimum atomic E-state index is -0.328. The van der Waals surface area contributed by atoms with Crippen LogP contribution in [-0.2, 0) is 9.59 Å². The zero-order valence-electron chi connectivity index (χ0n) is 13.3. The molecule has 0 aliphatic carbocycles. The summed E-state index contributed by atoms with van der Waals surface area (Å²) < 4.78 is 1.92. The van der Waals surface area contributed by atoms with Gasteiger partial charge in [0.15, 0.2) is 11.0 Å². The SMILES string of the molecule is CC(=O)NNC(=O)CSc1nnc(-c2cccs2)n1-c1ccccc1. The summed E-state index contributed by atoms with van der Waals surface area (Å²) in [5, 5.41) is 11.1. The topological polar surface area (TPSA) is 88.9 Å². The first-order chi connectivity index (χ1) is 12.1. The highest BCUT2D eigenvalue weighted by molar-refractivity contribution is 7.99. The molecule has 0 saturated heterocycles. The van der Waals surface area contributed by atoms with Crippen molar-refractivity contribution in [2.24, 2.45) is 0 Å². The molecule has 1 aromatic carbocycles. The third kappa shape index (κ3) is 4.25. The molecular formula is C16H15N5O2S2. The second kappa shape index (κ2) is 7.95. The monoisotopic (exact) mass is 373 g/mol. The van der Waals surface area contributed by atoms with Gasteiger partial charge in [0.2, 0.25) is 11.8 Å². The average molecular weight is 373 g/mol. The fourth-order valence-corrected chi connectivity index (χ4v) is 3.51. The maximum atomic E-state index is 11.8. The summed E-state index contributed by atoms with van der Waals surface area (Å²) in [5.41, 5.74) is 5.51. The largest absolute Gasteiger partial charge is 0.274 e. The third-order valence-electron chi connectivity index (χ3n) is 3.10. The standard InChI is InChI=1S/C16H15N5O2S2/c1-11(22)17-18-14(23)10-25-16-20-19-15(13-8-5-9-24-13)21(16)12-6-3-2-4-7-12/h2-9H,10H2,1H3,(H,17,22)(H,18,23). The summed E-state index contributed by atoms with van der Waals surface area (Å²) in [6.07, 6.45) is 0. The van der Waals surface area contributed by atoms with Crippen LogP contribution in [0.25, 0.3) is 16.4 Å². The van der Waals surface area contributed by atoms with Gasteiger partial charge in [-0.1, -0.05) is 36.0 Å². The van der Waals surface area contributed by atoms with Gasteiger partial charge < -0.3 is 0 Å². The summed E-state index contributed by atoms with van der Waals surface area (Å²) >= 11 is 2.82. The Balaban J connectivity index is 1.85. The number of amides is 2. The first-order valence-corrected chi connectivity index (χ1v) is 9.24. The Labute approximate surface area is 152 Å². The number of nitrogens with one attached hydrogen (secondary N) is 2. The molecule has 0 aliphatic heterocycles. The quantitative estimate of drug-likeness (QED) is 0.529. The minimum Gasteiger partial charge on any atom is -0.274 e. The molecule has 0 fully saturated rings. The normalized spacial score (nSPS) is 10.4. The van der Waals surface area contributed by atoms with Crippen molar-refractivity contribution in [3.8, 4) is 16.4 Å².